The Labute approximate surface area is 96.9 Å². The lowest BCUT2D eigenvalue weighted by Gasteiger charge is -2.02. The van der Waals surface area contributed by atoms with Gasteiger partial charge in [0.05, 0.1) is 11.9 Å². The summed E-state index contributed by atoms with van der Waals surface area (Å²) in [5, 5.41) is 18.5. The van der Waals surface area contributed by atoms with Gasteiger partial charge < -0.3 is 10.2 Å². The Morgan fingerprint density at radius 2 is 1.94 bits per heavy atom. The second kappa shape index (κ2) is 4.29. The van der Waals surface area contributed by atoms with E-state index in [2.05, 4.69) is 0 Å². The summed E-state index contributed by atoms with van der Waals surface area (Å²) in [5.74, 6) is -1.13. The summed E-state index contributed by atoms with van der Waals surface area (Å²) in [6, 6.07) is 6.37. The van der Waals surface area contributed by atoms with Crippen LogP contribution in [0.3, 0.4) is 0 Å². The first-order valence-electron chi connectivity index (χ1n) is 5.13. The maximum Gasteiger partial charge on any atom is 0.303 e. The van der Waals surface area contributed by atoms with Crippen LogP contribution in [0.25, 0.3) is 10.9 Å². The minimum absolute atomic E-state index is 0.0417. The molecule has 0 atom stereocenters. The lowest BCUT2D eigenvalue weighted by Crippen LogP contribution is -2.11. The zero-order chi connectivity index (χ0) is 12.4. The van der Waals surface area contributed by atoms with Gasteiger partial charge in [-0.1, -0.05) is 0 Å². The van der Waals surface area contributed by atoms with E-state index in [1.807, 2.05) is 0 Å². The van der Waals surface area contributed by atoms with E-state index >= 15 is 0 Å². The molecule has 0 aliphatic carbocycles. The van der Waals surface area contributed by atoms with Crippen LogP contribution in [-0.2, 0) is 4.79 Å². The number of aromatic nitrogens is 1. The zero-order valence-electron chi connectivity index (χ0n) is 8.96. The lowest BCUT2D eigenvalue weighted by molar-refractivity contribution is -0.136. The molecular weight excluding hydrogens is 222 g/mol. The summed E-state index contributed by atoms with van der Waals surface area (Å²) in [5.41, 5.74) is 0.665. The Morgan fingerprint density at radius 1 is 1.18 bits per heavy atom. The summed E-state index contributed by atoms with van der Waals surface area (Å²) in [6.45, 7) is 0. The summed E-state index contributed by atoms with van der Waals surface area (Å²) in [7, 11) is 0. The predicted octanol–water partition coefficient (Wildman–Crippen LogP) is 1.85. The SMILES string of the molecule is O=C(O)CCC(=O)n1ccc2cc(O)ccc21. The van der Waals surface area contributed by atoms with E-state index in [4.69, 9.17) is 5.11 Å². The number of benzene rings is 1. The number of aliphatic carboxylic acids is 1. The first-order chi connectivity index (χ1) is 8.08. The van der Waals surface area contributed by atoms with Gasteiger partial charge in [0.2, 0.25) is 5.91 Å². The van der Waals surface area contributed by atoms with Crippen LogP contribution < -0.4 is 0 Å². The van der Waals surface area contributed by atoms with Crippen molar-refractivity contribution in [3.8, 4) is 5.75 Å². The Hall–Kier alpha value is -2.30. The largest absolute Gasteiger partial charge is 0.508 e. The fourth-order valence-corrected chi connectivity index (χ4v) is 1.68. The molecule has 0 saturated heterocycles. The lowest BCUT2D eigenvalue weighted by atomic mass is 10.2. The van der Waals surface area contributed by atoms with Gasteiger partial charge in [0.15, 0.2) is 0 Å². The molecule has 0 unspecified atom stereocenters. The van der Waals surface area contributed by atoms with Crippen LogP contribution in [0.4, 0.5) is 0 Å². The quantitative estimate of drug-likeness (QED) is 0.847. The molecule has 2 aromatic rings. The van der Waals surface area contributed by atoms with Gasteiger partial charge in [0.25, 0.3) is 0 Å². The average Bonchev–Trinajstić information content (AvgIpc) is 2.68. The van der Waals surface area contributed by atoms with Crippen molar-refractivity contribution in [3.05, 3.63) is 30.5 Å². The third-order valence-corrected chi connectivity index (χ3v) is 2.50. The maximum absolute atomic E-state index is 11.7. The molecule has 0 fully saturated rings. The van der Waals surface area contributed by atoms with Crippen LogP contribution in [0, 0.1) is 0 Å². The van der Waals surface area contributed by atoms with Crippen LogP contribution in [0.15, 0.2) is 30.5 Å². The Morgan fingerprint density at radius 3 is 2.65 bits per heavy atom. The maximum atomic E-state index is 11.7. The summed E-state index contributed by atoms with van der Waals surface area (Å²) in [4.78, 5) is 22.1. The third-order valence-electron chi connectivity index (χ3n) is 2.50. The van der Waals surface area contributed by atoms with E-state index in [1.165, 1.54) is 10.6 Å². The molecule has 0 bridgehead atoms. The smallest absolute Gasteiger partial charge is 0.303 e. The molecule has 1 heterocycles. The van der Waals surface area contributed by atoms with E-state index < -0.39 is 5.97 Å². The number of fused-ring (bicyclic) bond motifs is 1. The third kappa shape index (κ3) is 2.28. The molecule has 5 heteroatoms. The standard InChI is InChI=1S/C12H11NO4/c14-9-1-2-10-8(7-9)5-6-13(10)11(15)3-4-12(16)17/h1-2,5-7,14H,3-4H2,(H,16,17). The van der Waals surface area contributed by atoms with Crippen molar-refractivity contribution in [2.75, 3.05) is 0 Å². The fraction of sp³-hybridized carbons (Fsp3) is 0.167. The molecule has 2 rings (SSSR count). The van der Waals surface area contributed by atoms with Gasteiger partial charge in [-0.05, 0) is 24.3 Å². The van der Waals surface area contributed by atoms with Crippen LogP contribution in [-0.4, -0.2) is 26.7 Å². The van der Waals surface area contributed by atoms with Crippen LogP contribution in [0.1, 0.15) is 17.6 Å². The van der Waals surface area contributed by atoms with E-state index in [0.29, 0.717) is 5.52 Å². The van der Waals surface area contributed by atoms with Crippen LogP contribution >= 0.6 is 0 Å². The molecule has 0 saturated carbocycles. The van der Waals surface area contributed by atoms with Crippen molar-refractivity contribution >= 4 is 22.8 Å². The zero-order valence-corrected chi connectivity index (χ0v) is 8.96. The molecule has 0 spiro atoms. The minimum atomic E-state index is -0.993. The number of rotatable bonds is 3. The van der Waals surface area contributed by atoms with E-state index in [9.17, 15) is 14.7 Å². The highest BCUT2D eigenvalue weighted by Crippen LogP contribution is 2.21. The number of hydrogen-bond donors (Lipinski definition) is 2. The number of phenols is 1. The monoisotopic (exact) mass is 233 g/mol. The van der Waals surface area contributed by atoms with Gasteiger partial charge in [-0.15, -0.1) is 0 Å². The topological polar surface area (TPSA) is 79.5 Å². The molecule has 1 aromatic carbocycles. The molecule has 0 radical (unpaired) electrons. The van der Waals surface area contributed by atoms with Crippen molar-refractivity contribution in [1.29, 1.82) is 0 Å². The Balaban J connectivity index is 2.29. The van der Waals surface area contributed by atoms with Crippen molar-refractivity contribution in [1.82, 2.24) is 4.57 Å². The first-order valence-corrected chi connectivity index (χ1v) is 5.13. The normalized spacial score (nSPS) is 10.6. The molecule has 2 N–H and O–H groups in total. The first kappa shape index (κ1) is 11.2. The van der Waals surface area contributed by atoms with E-state index in [1.54, 1.807) is 24.4 Å². The Bertz CT molecular complexity index is 585. The number of carboxylic acid groups (broad SMARTS) is 1. The number of carbonyl (C=O) groups excluding carboxylic acids is 1. The number of carboxylic acids is 1. The molecule has 88 valence electrons. The molecule has 5 nitrogen and oxygen atoms in total. The highest BCUT2D eigenvalue weighted by Gasteiger charge is 2.10. The van der Waals surface area contributed by atoms with Gasteiger partial charge in [-0.3, -0.25) is 14.2 Å². The number of carbonyl (C=O) groups is 2. The Kier molecular flexibility index (Phi) is 2.82. The fourth-order valence-electron chi connectivity index (χ4n) is 1.68. The molecule has 17 heavy (non-hydrogen) atoms. The van der Waals surface area contributed by atoms with Gasteiger partial charge in [-0.2, -0.15) is 0 Å². The highest BCUT2D eigenvalue weighted by atomic mass is 16.4. The summed E-state index contributed by atoms with van der Waals surface area (Å²) < 4.78 is 1.40. The van der Waals surface area contributed by atoms with E-state index in [0.717, 1.165) is 5.39 Å². The predicted molar refractivity (Wildman–Crippen MR) is 61.1 cm³/mol. The molecule has 0 amide bonds. The molecule has 0 aliphatic rings. The van der Waals surface area contributed by atoms with Crippen LogP contribution in [0.5, 0.6) is 5.75 Å². The van der Waals surface area contributed by atoms with Gasteiger partial charge in [0, 0.05) is 18.0 Å². The van der Waals surface area contributed by atoms with Crippen molar-refractivity contribution in [2.45, 2.75) is 12.8 Å². The van der Waals surface area contributed by atoms with Crippen molar-refractivity contribution in [3.63, 3.8) is 0 Å². The minimum Gasteiger partial charge on any atom is -0.508 e. The summed E-state index contributed by atoms with van der Waals surface area (Å²) in [6.07, 6.45) is 1.35. The molecule has 0 aliphatic heterocycles. The number of hydrogen-bond acceptors (Lipinski definition) is 3. The number of phenolic OH excluding ortho intramolecular Hbond substituents is 1. The molecular formula is C12H11NO4. The molecule has 1 aromatic heterocycles. The van der Waals surface area contributed by atoms with E-state index in [-0.39, 0.29) is 24.5 Å². The van der Waals surface area contributed by atoms with Crippen LogP contribution in [0.2, 0.25) is 0 Å². The van der Waals surface area contributed by atoms with Gasteiger partial charge in [-0.25, -0.2) is 0 Å². The average molecular weight is 233 g/mol. The van der Waals surface area contributed by atoms with Crippen molar-refractivity contribution < 1.29 is 19.8 Å². The number of nitrogens with zero attached hydrogens (tertiary/aromatic N) is 1. The highest BCUT2D eigenvalue weighted by molar-refractivity contribution is 5.93. The second-order valence-corrected chi connectivity index (χ2v) is 3.72. The summed E-state index contributed by atoms with van der Waals surface area (Å²) >= 11 is 0. The van der Waals surface area contributed by atoms with Crippen molar-refractivity contribution in [2.24, 2.45) is 0 Å². The van der Waals surface area contributed by atoms with Gasteiger partial charge in [0.1, 0.15) is 5.75 Å². The number of aromatic hydroxyl groups is 1. The second-order valence-electron chi connectivity index (χ2n) is 3.72. The van der Waals surface area contributed by atoms with Gasteiger partial charge >= 0.3 is 5.97 Å².